The van der Waals surface area contributed by atoms with Gasteiger partial charge in [-0.25, -0.2) is 8.78 Å². The number of hydrogen-bond donors (Lipinski definition) is 1. The lowest BCUT2D eigenvalue weighted by Gasteiger charge is -2.09. The Bertz CT molecular complexity index is 432. The largest absolute Gasteiger partial charge is 0.379 e. The number of hydrogen-bond acceptors (Lipinski definition) is 3. The van der Waals surface area contributed by atoms with Crippen molar-refractivity contribution in [3.8, 4) is 6.07 Å². The number of anilines is 1. The van der Waals surface area contributed by atoms with E-state index in [0.717, 1.165) is 18.6 Å². The van der Waals surface area contributed by atoms with E-state index in [1.54, 1.807) is 12.1 Å². The Labute approximate surface area is 105 Å². The molecule has 0 radical (unpaired) electrons. The summed E-state index contributed by atoms with van der Waals surface area (Å²) in [4.78, 5) is 0. The van der Waals surface area contributed by atoms with Crippen molar-refractivity contribution in [3.63, 3.8) is 0 Å². The van der Waals surface area contributed by atoms with Crippen LogP contribution in [0.15, 0.2) is 24.8 Å². The monoisotopic (exact) mass is 252 g/mol. The van der Waals surface area contributed by atoms with Gasteiger partial charge in [0.2, 0.25) is 0 Å². The summed E-state index contributed by atoms with van der Waals surface area (Å²) in [5.74, 6) is -1.56. The third kappa shape index (κ3) is 4.15. The number of nitrogens with one attached hydrogen (secondary N) is 1. The Kier molecular flexibility index (Phi) is 5.81. The fourth-order valence-corrected chi connectivity index (χ4v) is 1.32. The van der Waals surface area contributed by atoms with Gasteiger partial charge in [-0.2, -0.15) is 5.26 Å². The summed E-state index contributed by atoms with van der Waals surface area (Å²) >= 11 is 0. The maximum absolute atomic E-state index is 13.4. The maximum Gasteiger partial charge on any atom is 0.150 e. The Morgan fingerprint density at radius 2 is 2.00 bits per heavy atom. The highest BCUT2D eigenvalue weighted by Crippen LogP contribution is 2.20. The number of rotatable bonds is 7. The van der Waals surface area contributed by atoms with Gasteiger partial charge in [0.1, 0.15) is 5.69 Å². The van der Waals surface area contributed by atoms with Crippen LogP contribution in [0.5, 0.6) is 0 Å². The van der Waals surface area contributed by atoms with Gasteiger partial charge in [0.05, 0.1) is 24.8 Å². The van der Waals surface area contributed by atoms with Gasteiger partial charge in [-0.1, -0.05) is 6.08 Å². The van der Waals surface area contributed by atoms with Crippen molar-refractivity contribution in [1.29, 1.82) is 5.26 Å². The van der Waals surface area contributed by atoms with Crippen LogP contribution in [0.1, 0.15) is 12.0 Å². The zero-order chi connectivity index (χ0) is 13.4. The van der Waals surface area contributed by atoms with E-state index in [2.05, 4.69) is 11.9 Å². The molecule has 96 valence electrons. The fourth-order valence-electron chi connectivity index (χ4n) is 1.32. The molecule has 3 nitrogen and oxygen atoms in total. The van der Waals surface area contributed by atoms with Gasteiger partial charge < -0.3 is 10.1 Å². The van der Waals surface area contributed by atoms with Crippen molar-refractivity contribution in [2.75, 3.05) is 25.1 Å². The van der Waals surface area contributed by atoms with Crippen LogP contribution >= 0.6 is 0 Å². The lowest BCUT2D eigenvalue weighted by atomic mass is 10.2. The second-order valence-corrected chi connectivity index (χ2v) is 3.54. The molecule has 0 aliphatic rings. The number of ether oxygens (including phenoxy) is 1. The predicted molar refractivity (Wildman–Crippen MR) is 65.2 cm³/mol. The molecule has 0 saturated carbocycles. The zero-order valence-corrected chi connectivity index (χ0v) is 9.88. The molecule has 0 amide bonds. The third-order valence-corrected chi connectivity index (χ3v) is 2.19. The second-order valence-electron chi connectivity index (χ2n) is 3.54. The van der Waals surface area contributed by atoms with E-state index in [1.165, 1.54) is 0 Å². The molecular formula is C13H14F2N2O. The molecule has 0 fully saturated rings. The van der Waals surface area contributed by atoms with E-state index < -0.39 is 11.6 Å². The van der Waals surface area contributed by atoms with Crippen molar-refractivity contribution in [3.05, 3.63) is 42.0 Å². The highest BCUT2D eigenvalue weighted by atomic mass is 19.1. The SMILES string of the molecule is C=CCCOCCNc1c(F)cc(C#N)cc1F. The Morgan fingerprint density at radius 1 is 1.33 bits per heavy atom. The Hall–Kier alpha value is -1.93. The van der Waals surface area contributed by atoms with E-state index >= 15 is 0 Å². The average Bonchev–Trinajstić information content (AvgIpc) is 2.35. The predicted octanol–water partition coefficient (Wildman–Crippen LogP) is 2.84. The van der Waals surface area contributed by atoms with E-state index in [1.807, 2.05) is 0 Å². The fraction of sp³-hybridized carbons (Fsp3) is 0.308. The summed E-state index contributed by atoms with van der Waals surface area (Å²) < 4.78 is 32.0. The van der Waals surface area contributed by atoms with E-state index in [9.17, 15) is 8.78 Å². The molecule has 0 bridgehead atoms. The summed E-state index contributed by atoms with van der Waals surface area (Å²) in [6.45, 7) is 4.70. The molecule has 0 heterocycles. The standard InChI is InChI=1S/C13H14F2N2O/c1-2-3-5-18-6-4-17-13-11(14)7-10(9-16)8-12(13)15/h2,7-8,17H,1,3-6H2. The molecule has 1 aromatic rings. The second kappa shape index (κ2) is 7.41. The number of benzene rings is 1. The lowest BCUT2D eigenvalue weighted by Crippen LogP contribution is -2.12. The summed E-state index contributed by atoms with van der Waals surface area (Å²) in [5.41, 5.74) is -0.279. The van der Waals surface area contributed by atoms with Crippen molar-refractivity contribution >= 4 is 5.69 Å². The molecule has 0 aromatic heterocycles. The molecule has 1 N–H and O–H groups in total. The van der Waals surface area contributed by atoms with Crippen molar-refractivity contribution in [1.82, 2.24) is 0 Å². The van der Waals surface area contributed by atoms with Crippen molar-refractivity contribution in [2.24, 2.45) is 0 Å². The molecule has 0 spiro atoms. The maximum atomic E-state index is 13.4. The number of nitrogens with zero attached hydrogens (tertiary/aromatic N) is 1. The number of nitriles is 1. The lowest BCUT2D eigenvalue weighted by molar-refractivity contribution is 0.149. The van der Waals surface area contributed by atoms with Crippen LogP contribution in [-0.4, -0.2) is 19.8 Å². The molecule has 0 atom stereocenters. The van der Waals surface area contributed by atoms with Gasteiger partial charge in [0.15, 0.2) is 11.6 Å². The summed E-state index contributed by atoms with van der Waals surface area (Å²) in [6.07, 6.45) is 2.47. The Balaban J connectivity index is 2.48. The van der Waals surface area contributed by atoms with Crippen LogP contribution in [0, 0.1) is 23.0 Å². The van der Waals surface area contributed by atoms with Crippen LogP contribution in [-0.2, 0) is 4.74 Å². The average molecular weight is 252 g/mol. The van der Waals surface area contributed by atoms with Gasteiger partial charge >= 0.3 is 0 Å². The van der Waals surface area contributed by atoms with Crippen molar-refractivity contribution in [2.45, 2.75) is 6.42 Å². The van der Waals surface area contributed by atoms with Crippen LogP contribution < -0.4 is 5.32 Å². The van der Waals surface area contributed by atoms with Crippen LogP contribution in [0.3, 0.4) is 0 Å². The minimum absolute atomic E-state index is 0.0437. The summed E-state index contributed by atoms with van der Waals surface area (Å²) in [6, 6.07) is 3.66. The molecule has 1 rings (SSSR count). The topological polar surface area (TPSA) is 45.0 Å². The first-order valence-electron chi connectivity index (χ1n) is 5.50. The molecule has 0 saturated heterocycles. The molecule has 0 aliphatic carbocycles. The Morgan fingerprint density at radius 3 is 2.56 bits per heavy atom. The van der Waals surface area contributed by atoms with E-state index in [0.29, 0.717) is 13.2 Å². The number of halogens is 2. The first kappa shape index (κ1) is 14.1. The third-order valence-electron chi connectivity index (χ3n) is 2.19. The molecule has 5 heteroatoms. The zero-order valence-electron chi connectivity index (χ0n) is 9.88. The summed E-state index contributed by atoms with van der Waals surface area (Å²) in [5, 5.41) is 11.1. The molecular weight excluding hydrogens is 238 g/mol. The highest BCUT2D eigenvalue weighted by Gasteiger charge is 2.10. The van der Waals surface area contributed by atoms with E-state index in [4.69, 9.17) is 10.00 Å². The normalized spacial score (nSPS) is 9.83. The minimum atomic E-state index is -0.780. The quantitative estimate of drug-likeness (QED) is 0.599. The van der Waals surface area contributed by atoms with Crippen LogP contribution in [0.2, 0.25) is 0 Å². The van der Waals surface area contributed by atoms with Gasteiger partial charge in [-0.3, -0.25) is 0 Å². The van der Waals surface area contributed by atoms with Gasteiger partial charge in [-0.05, 0) is 18.6 Å². The molecule has 0 aliphatic heterocycles. The summed E-state index contributed by atoms with van der Waals surface area (Å²) in [7, 11) is 0. The van der Waals surface area contributed by atoms with E-state index in [-0.39, 0.29) is 17.8 Å². The minimum Gasteiger partial charge on any atom is -0.379 e. The molecule has 1 aromatic carbocycles. The van der Waals surface area contributed by atoms with Crippen LogP contribution in [0.25, 0.3) is 0 Å². The van der Waals surface area contributed by atoms with Gasteiger partial charge in [0, 0.05) is 6.54 Å². The molecule has 0 unspecified atom stereocenters. The first-order valence-corrected chi connectivity index (χ1v) is 5.50. The highest BCUT2D eigenvalue weighted by molar-refractivity contribution is 5.50. The van der Waals surface area contributed by atoms with Crippen LogP contribution in [0.4, 0.5) is 14.5 Å². The van der Waals surface area contributed by atoms with Crippen molar-refractivity contribution < 1.29 is 13.5 Å². The smallest absolute Gasteiger partial charge is 0.150 e. The van der Waals surface area contributed by atoms with Gasteiger partial charge in [-0.15, -0.1) is 6.58 Å². The molecule has 18 heavy (non-hydrogen) atoms. The first-order chi connectivity index (χ1) is 8.69. The van der Waals surface area contributed by atoms with Gasteiger partial charge in [0.25, 0.3) is 0 Å².